The first kappa shape index (κ1) is 33.1. The van der Waals surface area contributed by atoms with Gasteiger partial charge in [-0.3, -0.25) is 5.32 Å². The highest BCUT2D eigenvalue weighted by molar-refractivity contribution is 6.13. The van der Waals surface area contributed by atoms with Gasteiger partial charge < -0.3 is 9.73 Å². The number of para-hydroxylation sites is 1. The van der Waals surface area contributed by atoms with Crippen LogP contribution in [0.25, 0.3) is 76.9 Å². The number of rotatable bonds is 6. The zero-order chi connectivity index (χ0) is 37.7. The van der Waals surface area contributed by atoms with E-state index in [0.717, 1.165) is 55.6 Å². The van der Waals surface area contributed by atoms with Crippen LogP contribution < -0.4 is 10.6 Å². The number of fused-ring (bicyclic) bond motifs is 5. The van der Waals surface area contributed by atoms with Crippen molar-refractivity contribution in [3.05, 3.63) is 217 Å². The predicted octanol–water partition coefficient (Wildman–Crippen LogP) is 13.2. The van der Waals surface area contributed by atoms with Crippen molar-refractivity contribution in [2.75, 3.05) is 0 Å². The van der Waals surface area contributed by atoms with Gasteiger partial charge in [-0.25, -0.2) is 4.99 Å². The van der Waals surface area contributed by atoms with Crippen LogP contribution in [0.3, 0.4) is 0 Å². The van der Waals surface area contributed by atoms with Crippen molar-refractivity contribution < 1.29 is 4.42 Å². The van der Waals surface area contributed by atoms with Gasteiger partial charge in [-0.05, 0) is 96.4 Å². The second-order valence-electron chi connectivity index (χ2n) is 14.8. The molecule has 10 aromatic rings. The minimum absolute atomic E-state index is 0.196. The molecule has 4 nitrogen and oxygen atoms in total. The SMILES string of the molecule is c1ccc(C2=NC(c3cc(-c4ccc5cc(-c6ccccc6)ccc5c4)c4c(c3)oc3ccccc34)NC(c3ccc(-c4cccc5ccccc45)cc3)N2)cc1. The largest absolute Gasteiger partial charge is 0.456 e. The summed E-state index contributed by atoms with van der Waals surface area (Å²) in [6.07, 6.45) is -0.548. The zero-order valence-electron chi connectivity index (χ0n) is 31.1. The molecule has 0 amide bonds. The minimum atomic E-state index is -0.352. The van der Waals surface area contributed by atoms with Crippen molar-refractivity contribution >= 4 is 49.3 Å². The maximum atomic E-state index is 6.62. The molecule has 0 bridgehead atoms. The molecule has 57 heavy (non-hydrogen) atoms. The molecule has 4 heteroatoms. The predicted molar refractivity (Wildman–Crippen MR) is 236 cm³/mol. The molecule has 2 unspecified atom stereocenters. The molecule has 0 aliphatic carbocycles. The van der Waals surface area contributed by atoms with Crippen LogP contribution in [0.15, 0.2) is 210 Å². The summed E-state index contributed by atoms with van der Waals surface area (Å²) in [5.41, 5.74) is 12.0. The molecule has 1 aliphatic rings. The van der Waals surface area contributed by atoms with Crippen molar-refractivity contribution in [1.29, 1.82) is 0 Å². The Morgan fingerprint density at radius 2 is 1.05 bits per heavy atom. The molecule has 2 atom stereocenters. The Morgan fingerprint density at radius 3 is 1.86 bits per heavy atom. The summed E-state index contributed by atoms with van der Waals surface area (Å²) in [5.74, 6) is 0.841. The minimum Gasteiger partial charge on any atom is -0.456 e. The first-order valence-electron chi connectivity index (χ1n) is 19.5. The number of hydrogen-bond acceptors (Lipinski definition) is 4. The number of aliphatic imine (C=N–C) groups is 1. The van der Waals surface area contributed by atoms with E-state index in [1.807, 2.05) is 12.1 Å². The van der Waals surface area contributed by atoms with Crippen LogP contribution in [0.5, 0.6) is 0 Å². The normalized spacial score (nSPS) is 15.5. The van der Waals surface area contributed by atoms with Crippen molar-refractivity contribution in [1.82, 2.24) is 10.6 Å². The highest BCUT2D eigenvalue weighted by Crippen LogP contribution is 2.41. The molecule has 9 aromatic carbocycles. The van der Waals surface area contributed by atoms with E-state index in [9.17, 15) is 0 Å². The van der Waals surface area contributed by atoms with E-state index in [4.69, 9.17) is 9.41 Å². The Bertz CT molecular complexity index is 3120. The zero-order valence-corrected chi connectivity index (χ0v) is 31.1. The fraction of sp³-hybridized carbons (Fsp3) is 0.0377. The molecule has 0 radical (unpaired) electrons. The topological polar surface area (TPSA) is 49.6 Å². The molecule has 1 aromatic heterocycles. The fourth-order valence-electron chi connectivity index (χ4n) is 8.46. The number of benzene rings is 9. The second kappa shape index (κ2) is 13.8. The average molecular weight is 732 g/mol. The molecule has 0 fully saturated rings. The van der Waals surface area contributed by atoms with Gasteiger partial charge in [0.25, 0.3) is 0 Å². The Hall–Kier alpha value is -7.27. The van der Waals surface area contributed by atoms with Gasteiger partial charge in [0.2, 0.25) is 0 Å². The van der Waals surface area contributed by atoms with Crippen molar-refractivity contribution in [3.8, 4) is 33.4 Å². The fourth-order valence-corrected chi connectivity index (χ4v) is 8.46. The van der Waals surface area contributed by atoms with E-state index in [-0.39, 0.29) is 12.3 Å². The van der Waals surface area contributed by atoms with Gasteiger partial charge >= 0.3 is 0 Å². The Balaban J connectivity index is 1.02. The quantitative estimate of drug-likeness (QED) is 0.179. The van der Waals surface area contributed by atoms with Crippen LogP contribution in [-0.2, 0) is 0 Å². The first-order chi connectivity index (χ1) is 28.2. The van der Waals surface area contributed by atoms with Gasteiger partial charge in [-0.1, -0.05) is 170 Å². The molecule has 0 saturated heterocycles. The summed E-state index contributed by atoms with van der Waals surface area (Å²) in [6, 6.07) is 71.2. The number of nitrogens with zero attached hydrogens (tertiary/aromatic N) is 1. The maximum Gasteiger partial charge on any atom is 0.136 e. The third-order valence-corrected chi connectivity index (χ3v) is 11.3. The average Bonchev–Trinajstić information content (AvgIpc) is 3.67. The van der Waals surface area contributed by atoms with E-state index in [0.29, 0.717) is 0 Å². The molecule has 1 aliphatic heterocycles. The van der Waals surface area contributed by atoms with Crippen molar-refractivity contribution in [3.63, 3.8) is 0 Å². The second-order valence-corrected chi connectivity index (χ2v) is 14.8. The van der Waals surface area contributed by atoms with Crippen LogP contribution in [0.4, 0.5) is 0 Å². The number of furan rings is 1. The van der Waals surface area contributed by atoms with Gasteiger partial charge in [-0.15, -0.1) is 0 Å². The van der Waals surface area contributed by atoms with Gasteiger partial charge in [0, 0.05) is 16.3 Å². The highest BCUT2D eigenvalue weighted by atomic mass is 16.3. The van der Waals surface area contributed by atoms with Crippen molar-refractivity contribution in [2.45, 2.75) is 12.3 Å². The summed E-state index contributed by atoms with van der Waals surface area (Å²) >= 11 is 0. The Morgan fingerprint density at radius 1 is 0.404 bits per heavy atom. The third kappa shape index (κ3) is 6.04. The molecule has 2 heterocycles. The van der Waals surface area contributed by atoms with Crippen LogP contribution in [0.1, 0.15) is 29.0 Å². The van der Waals surface area contributed by atoms with Gasteiger partial charge in [0.05, 0.1) is 0 Å². The number of nitrogens with one attached hydrogen (secondary N) is 2. The van der Waals surface area contributed by atoms with Crippen LogP contribution in [0, 0.1) is 0 Å². The number of amidine groups is 1. The summed E-state index contributed by atoms with van der Waals surface area (Å²) in [5, 5.41) is 14.7. The lowest BCUT2D eigenvalue weighted by Gasteiger charge is -2.32. The first-order valence-corrected chi connectivity index (χ1v) is 19.5. The standard InChI is InChI=1S/C53H37N3O/c1-3-12-34(13-4-1)39-26-27-41-31-42(29-28-40(41)30-39)47-32-43(33-49-50(47)46-19-9-10-21-48(46)57-49)53-55-51(37-15-5-2-6-16-37)54-52(56-53)38-24-22-36(23-25-38)45-20-11-17-35-14-7-8-18-44(35)45/h1-33,52-53,56H,(H,54,55). The summed E-state index contributed by atoms with van der Waals surface area (Å²) in [4.78, 5) is 5.33. The van der Waals surface area contributed by atoms with E-state index >= 15 is 0 Å². The highest BCUT2D eigenvalue weighted by Gasteiger charge is 2.27. The monoisotopic (exact) mass is 731 g/mol. The summed E-state index contributed by atoms with van der Waals surface area (Å²) in [6.45, 7) is 0. The molecule has 270 valence electrons. The lowest BCUT2D eigenvalue weighted by Crippen LogP contribution is -2.44. The molecular weight excluding hydrogens is 695 g/mol. The molecule has 0 saturated carbocycles. The van der Waals surface area contributed by atoms with E-state index < -0.39 is 0 Å². The maximum absolute atomic E-state index is 6.62. The lowest BCUT2D eigenvalue weighted by molar-refractivity contribution is 0.409. The molecule has 11 rings (SSSR count). The summed E-state index contributed by atoms with van der Waals surface area (Å²) < 4.78 is 6.62. The van der Waals surface area contributed by atoms with Crippen LogP contribution in [0.2, 0.25) is 0 Å². The van der Waals surface area contributed by atoms with Crippen LogP contribution >= 0.6 is 0 Å². The van der Waals surface area contributed by atoms with E-state index in [1.165, 1.54) is 43.8 Å². The van der Waals surface area contributed by atoms with Crippen LogP contribution in [-0.4, -0.2) is 5.84 Å². The van der Waals surface area contributed by atoms with Gasteiger partial charge in [-0.2, -0.15) is 0 Å². The smallest absolute Gasteiger partial charge is 0.136 e. The van der Waals surface area contributed by atoms with E-state index in [1.54, 1.807) is 0 Å². The third-order valence-electron chi connectivity index (χ3n) is 11.3. The molecule has 2 N–H and O–H groups in total. The van der Waals surface area contributed by atoms with E-state index in [2.05, 4.69) is 199 Å². The van der Waals surface area contributed by atoms with Gasteiger partial charge in [0.15, 0.2) is 0 Å². The van der Waals surface area contributed by atoms with Crippen molar-refractivity contribution in [2.24, 2.45) is 4.99 Å². The molecular formula is C53H37N3O. The number of hydrogen-bond donors (Lipinski definition) is 2. The van der Waals surface area contributed by atoms with Gasteiger partial charge in [0.1, 0.15) is 29.3 Å². The summed E-state index contributed by atoms with van der Waals surface area (Å²) in [7, 11) is 0. The Labute approximate surface area is 330 Å². The Kier molecular flexibility index (Phi) is 8.01. The lowest BCUT2D eigenvalue weighted by atomic mass is 9.93. The molecule has 0 spiro atoms.